The average Bonchev–Trinajstić information content (AvgIpc) is 2.93. The van der Waals surface area contributed by atoms with Gasteiger partial charge in [0.1, 0.15) is 23.0 Å². The molecule has 0 amide bonds. The Bertz CT molecular complexity index is 1540. The largest absolute Gasteiger partial charge is 0.478 e. The van der Waals surface area contributed by atoms with Crippen LogP contribution in [0.4, 0.5) is 0 Å². The second-order valence-electron chi connectivity index (χ2n) is 9.51. The molecule has 210 valence electrons. The zero-order valence-corrected chi connectivity index (χ0v) is 21.8. The van der Waals surface area contributed by atoms with Gasteiger partial charge in [-0.2, -0.15) is 0 Å². The normalized spacial score (nSPS) is 11.0. The molecule has 4 rings (SSSR count). The van der Waals surface area contributed by atoms with Gasteiger partial charge in [-0.3, -0.25) is 0 Å². The molecular formula is C31H26O10. The summed E-state index contributed by atoms with van der Waals surface area (Å²) >= 11 is 0. The summed E-state index contributed by atoms with van der Waals surface area (Å²) in [5.74, 6) is -4.20. The first kappa shape index (κ1) is 28.4. The maximum absolute atomic E-state index is 11.4. The zero-order valence-electron chi connectivity index (χ0n) is 21.8. The number of carboxylic acid groups (broad SMARTS) is 4. The van der Waals surface area contributed by atoms with Crippen LogP contribution in [-0.4, -0.2) is 44.3 Å². The van der Waals surface area contributed by atoms with E-state index < -0.39 is 29.3 Å². The Hall–Kier alpha value is -5.64. The fourth-order valence-electron chi connectivity index (χ4n) is 4.22. The van der Waals surface area contributed by atoms with Crippen molar-refractivity contribution >= 4 is 23.9 Å². The third-order valence-electron chi connectivity index (χ3n) is 6.53. The van der Waals surface area contributed by atoms with E-state index in [2.05, 4.69) is 0 Å². The van der Waals surface area contributed by atoms with Gasteiger partial charge in [0.25, 0.3) is 0 Å². The zero-order chi connectivity index (χ0) is 29.9. The average molecular weight is 559 g/mol. The lowest BCUT2D eigenvalue weighted by atomic mass is 9.78. The molecule has 10 heteroatoms. The third kappa shape index (κ3) is 6.17. The van der Waals surface area contributed by atoms with Crippen molar-refractivity contribution < 1.29 is 50.5 Å². The van der Waals surface area contributed by atoms with E-state index in [0.717, 1.165) is 23.3 Å². The molecule has 4 aromatic carbocycles. The van der Waals surface area contributed by atoms with E-state index in [1.54, 1.807) is 24.3 Å². The lowest BCUT2D eigenvalue weighted by Gasteiger charge is -2.26. The molecule has 0 heterocycles. The lowest BCUT2D eigenvalue weighted by Crippen LogP contribution is -2.18. The summed E-state index contributed by atoms with van der Waals surface area (Å²) in [6, 6.07) is 21.8. The van der Waals surface area contributed by atoms with E-state index in [1.807, 2.05) is 38.1 Å². The van der Waals surface area contributed by atoms with Crippen molar-refractivity contribution in [2.75, 3.05) is 0 Å². The van der Waals surface area contributed by atoms with Gasteiger partial charge in [-0.15, -0.1) is 0 Å². The summed E-state index contributed by atoms with van der Waals surface area (Å²) < 4.78 is 11.5. The highest BCUT2D eigenvalue weighted by molar-refractivity contribution is 6.02. The quantitative estimate of drug-likeness (QED) is 0.166. The van der Waals surface area contributed by atoms with Crippen LogP contribution in [0, 0.1) is 0 Å². The monoisotopic (exact) mass is 558 g/mol. The molecule has 0 spiro atoms. The maximum Gasteiger partial charge on any atom is 0.336 e. The van der Waals surface area contributed by atoms with E-state index in [1.165, 1.54) is 24.3 Å². The van der Waals surface area contributed by atoms with Crippen molar-refractivity contribution in [2.45, 2.75) is 19.3 Å². The van der Waals surface area contributed by atoms with Gasteiger partial charge < -0.3 is 29.9 Å². The molecule has 0 aliphatic rings. The SMILES string of the molecule is CC(C)(c1ccc(Oc2ccc(C(=O)O)c(C(=O)O)c2)cc1)c1ccc(Oc2ccc(C(=O)O)c(C(=O)O)c2)cc1.[HH]. The molecule has 0 atom stereocenters. The van der Waals surface area contributed by atoms with E-state index in [4.69, 9.17) is 9.47 Å². The van der Waals surface area contributed by atoms with E-state index >= 15 is 0 Å². The van der Waals surface area contributed by atoms with Crippen LogP contribution in [0.5, 0.6) is 23.0 Å². The third-order valence-corrected chi connectivity index (χ3v) is 6.53. The molecule has 0 saturated carbocycles. The van der Waals surface area contributed by atoms with Crippen molar-refractivity contribution in [3.05, 3.63) is 118 Å². The number of benzene rings is 4. The van der Waals surface area contributed by atoms with E-state index in [9.17, 15) is 39.6 Å². The Labute approximate surface area is 235 Å². The van der Waals surface area contributed by atoms with Crippen molar-refractivity contribution in [1.29, 1.82) is 0 Å². The van der Waals surface area contributed by atoms with Gasteiger partial charge in [-0.25, -0.2) is 19.2 Å². The summed E-state index contributed by atoms with van der Waals surface area (Å²) in [5.41, 5.74) is 0.0252. The van der Waals surface area contributed by atoms with Gasteiger partial charge in [0.2, 0.25) is 0 Å². The first-order valence-electron chi connectivity index (χ1n) is 12.1. The van der Waals surface area contributed by atoms with Crippen LogP contribution in [0.2, 0.25) is 0 Å². The first-order chi connectivity index (χ1) is 19.4. The maximum atomic E-state index is 11.4. The molecule has 4 N–H and O–H groups in total. The van der Waals surface area contributed by atoms with Crippen LogP contribution in [0.15, 0.2) is 84.9 Å². The Kier molecular flexibility index (Phi) is 7.77. The van der Waals surface area contributed by atoms with Crippen LogP contribution in [0.25, 0.3) is 0 Å². The molecule has 41 heavy (non-hydrogen) atoms. The molecule has 0 saturated heterocycles. The molecule has 0 aliphatic carbocycles. The van der Waals surface area contributed by atoms with E-state index in [-0.39, 0.29) is 35.2 Å². The minimum atomic E-state index is -1.37. The molecule has 0 radical (unpaired) electrons. The Morgan fingerprint density at radius 2 is 0.780 bits per heavy atom. The fourth-order valence-corrected chi connectivity index (χ4v) is 4.22. The summed E-state index contributed by atoms with van der Waals surface area (Å²) in [4.78, 5) is 45.4. The number of ether oxygens (including phenoxy) is 2. The molecule has 0 bridgehead atoms. The summed E-state index contributed by atoms with van der Waals surface area (Å²) in [6.45, 7) is 4.04. The molecule has 0 fully saturated rings. The van der Waals surface area contributed by atoms with Crippen LogP contribution >= 0.6 is 0 Å². The van der Waals surface area contributed by atoms with Crippen LogP contribution < -0.4 is 9.47 Å². The van der Waals surface area contributed by atoms with Gasteiger partial charge in [0, 0.05) is 6.84 Å². The number of hydrogen-bond donors (Lipinski definition) is 4. The van der Waals surface area contributed by atoms with Crippen LogP contribution in [-0.2, 0) is 5.41 Å². The standard InChI is InChI=1S/C31H24O10.H2/c1-31(2,17-3-7-19(8-4-17)40-21-11-13-23(27(32)33)25(15-21)29(36)37)18-5-9-20(10-6-18)41-22-12-14-24(28(34)35)26(16-22)30(38)39;/h3-16H,1-2H3,(H,32,33)(H,34,35)(H,36,37)(H,38,39);1H. The molecule has 0 aliphatic heterocycles. The highest BCUT2D eigenvalue weighted by Gasteiger charge is 2.24. The summed E-state index contributed by atoms with van der Waals surface area (Å²) in [6.07, 6.45) is 0. The van der Waals surface area contributed by atoms with Crippen LogP contribution in [0.1, 0.15) is 67.8 Å². The van der Waals surface area contributed by atoms with Gasteiger partial charge in [-0.1, -0.05) is 38.1 Å². The molecule has 0 aromatic heterocycles. The highest BCUT2D eigenvalue weighted by atomic mass is 16.5. The second kappa shape index (κ2) is 11.2. The van der Waals surface area contributed by atoms with Gasteiger partial charge in [0.05, 0.1) is 22.3 Å². The van der Waals surface area contributed by atoms with Crippen molar-refractivity contribution in [3.8, 4) is 23.0 Å². The van der Waals surface area contributed by atoms with Gasteiger partial charge >= 0.3 is 23.9 Å². The first-order valence-corrected chi connectivity index (χ1v) is 12.1. The molecule has 0 unspecified atom stereocenters. The topological polar surface area (TPSA) is 168 Å². The fraction of sp³-hybridized carbons (Fsp3) is 0.0968. The second-order valence-corrected chi connectivity index (χ2v) is 9.51. The van der Waals surface area contributed by atoms with Gasteiger partial charge in [0.15, 0.2) is 0 Å². The number of carboxylic acids is 4. The number of rotatable bonds is 10. The van der Waals surface area contributed by atoms with E-state index in [0.29, 0.717) is 11.5 Å². The minimum absolute atomic E-state index is 0. The van der Waals surface area contributed by atoms with Crippen molar-refractivity contribution in [3.63, 3.8) is 0 Å². The molecule has 10 nitrogen and oxygen atoms in total. The molecular weight excluding hydrogens is 532 g/mol. The summed E-state index contributed by atoms with van der Waals surface area (Å²) in [5, 5.41) is 37.0. The Balaban J connectivity index is 0.00000484. The predicted molar refractivity (Wildman–Crippen MR) is 148 cm³/mol. The number of aromatic carboxylic acids is 4. The van der Waals surface area contributed by atoms with Gasteiger partial charge in [-0.05, 0) is 71.8 Å². The Morgan fingerprint density at radius 3 is 1.07 bits per heavy atom. The van der Waals surface area contributed by atoms with Crippen molar-refractivity contribution in [1.82, 2.24) is 0 Å². The summed E-state index contributed by atoms with van der Waals surface area (Å²) in [7, 11) is 0. The minimum Gasteiger partial charge on any atom is -0.478 e. The highest BCUT2D eigenvalue weighted by Crippen LogP contribution is 2.35. The van der Waals surface area contributed by atoms with Crippen LogP contribution in [0.3, 0.4) is 0 Å². The number of carbonyl (C=O) groups is 4. The Morgan fingerprint density at radius 1 is 0.488 bits per heavy atom. The lowest BCUT2D eigenvalue weighted by molar-refractivity contribution is 0.0651. The molecule has 4 aromatic rings. The predicted octanol–water partition coefficient (Wildman–Crippen LogP) is 6.64. The van der Waals surface area contributed by atoms with Crippen molar-refractivity contribution in [2.24, 2.45) is 0 Å². The number of hydrogen-bond acceptors (Lipinski definition) is 6. The smallest absolute Gasteiger partial charge is 0.336 e.